The molecule has 1 aliphatic carbocycles. The fourth-order valence-corrected chi connectivity index (χ4v) is 4.95. The maximum atomic E-state index is 13.4. The zero-order valence-corrected chi connectivity index (χ0v) is 20.6. The second-order valence-electron chi connectivity index (χ2n) is 10.0. The van der Waals surface area contributed by atoms with E-state index in [1.807, 2.05) is 30.3 Å². The van der Waals surface area contributed by atoms with E-state index in [9.17, 15) is 14.4 Å². The minimum Gasteiger partial charge on any atom is -0.490 e. The standard InChI is InChI=1S/C28H33N3O5/c1-31-23-11-10-21(15-26(32)29-16-19-7-8-19)36-25(23)17-35-24-12-9-20(14-22(24)28(31)34)30-27(33)13-18-5-3-2-4-6-18/h2-6,9,12,14,19,21,23,25H,7-8,10-11,13,15-17H2,1H3,(H,29,32)(H,30,33)/t21-,23+,25-/m0/s1. The number of carbonyl (C=O) groups is 3. The van der Waals surface area contributed by atoms with Crippen molar-refractivity contribution in [2.45, 2.75) is 56.8 Å². The van der Waals surface area contributed by atoms with Gasteiger partial charge in [0.15, 0.2) is 0 Å². The smallest absolute Gasteiger partial charge is 0.257 e. The van der Waals surface area contributed by atoms with Gasteiger partial charge in [-0.15, -0.1) is 0 Å². The van der Waals surface area contributed by atoms with Gasteiger partial charge in [-0.05, 0) is 55.4 Å². The summed E-state index contributed by atoms with van der Waals surface area (Å²) in [5, 5.41) is 5.89. The first-order chi connectivity index (χ1) is 17.5. The van der Waals surface area contributed by atoms with E-state index in [-0.39, 0.29) is 49.0 Å². The average Bonchev–Trinajstić information content (AvgIpc) is 3.70. The molecule has 0 radical (unpaired) electrons. The molecule has 2 aromatic carbocycles. The largest absolute Gasteiger partial charge is 0.490 e. The van der Waals surface area contributed by atoms with E-state index in [0.717, 1.165) is 18.5 Å². The van der Waals surface area contributed by atoms with Crippen molar-refractivity contribution in [3.63, 3.8) is 0 Å². The third-order valence-corrected chi connectivity index (χ3v) is 7.20. The van der Waals surface area contributed by atoms with Crippen molar-refractivity contribution in [2.75, 3.05) is 25.5 Å². The van der Waals surface area contributed by atoms with Gasteiger partial charge in [0.2, 0.25) is 11.8 Å². The minimum absolute atomic E-state index is 0.0220. The number of amides is 3. The summed E-state index contributed by atoms with van der Waals surface area (Å²) < 4.78 is 12.3. The first kappa shape index (κ1) is 24.3. The van der Waals surface area contributed by atoms with E-state index < -0.39 is 0 Å². The summed E-state index contributed by atoms with van der Waals surface area (Å²) in [5.74, 6) is 0.791. The van der Waals surface area contributed by atoms with E-state index in [1.54, 1.807) is 30.1 Å². The Labute approximate surface area is 211 Å². The number of rotatable bonds is 7. The molecule has 8 heteroatoms. The molecule has 190 valence electrons. The van der Waals surface area contributed by atoms with Gasteiger partial charge in [0.05, 0.1) is 30.6 Å². The van der Waals surface area contributed by atoms with Crippen LogP contribution in [0.4, 0.5) is 5.69 Å². The highest BCUT2D eigenvalue weighted by molar-refractivity contribution is 6.00. The minimum atomic E-state index is -0.313. The molecule has 5 rings (SSSR count). The predicted molar refractivity (Wildman–Crippen MR) is 135 cm³/mol. The lowest BCUT2D eigenvalue weighted by atomic mass is 9.94. The van der Waals surface area contributed by atoms with Gasteiger partial charge < -0.3 is 25.0 Å². The summed E-state index contributed by atoms with van der Waals surface area (Å²) in [6.07, 6.45) is 3.93. The number of carbonyl (C=O) groups excluding carboxylic acids is 3. The molecule has 1 saturated carbocycles. The number of hydrogen-bond acceptors (Lipinski definition) is 5. The van der Waals surface area contributed by atoms with E-state index in [0.29, 0.717) is 35.8 Å². The Hall–Kier alpha value is -3.39. The fraction of sp³-hybridized carbons (Fsp3) is 0.464. The summed E-state index contributed by atoms with van der Waals surface area (Å²) in [6, 6.07) is 14.5. The summed E-state index contributed by atoms with van der Waals surface area (Å²) in [5.41, 5.74) is 1.88. The molecular formula is C28H33N3O5. The Balaban J connectivity index is 1.22. The summed E-state index contributed by atoms with van der Waals surface area (Å²) in [6.45, 7) is 1.04. The Bertz CT molecular complexity index is 1120. The van der Waals surface area contributed by atoms with Gasteiger partial charge in [-0.3, -0.25) is 14.4 Å². The molecule has 0 spiro atoms. The topological polar surface area (TPSA) is 97.0 Å². The Morgan fingerprint density at radius 2 is 1.83 bits per heavy atom. The van der Waals surface area contributed by atoms with Crippen molar-refractivity contribution < 1.29 is 23.9 Å². The molecule has 2 fully saturated rings. The molecule has 8 nitrogen and oxygen atoms in total. The molecule has 1 saturated heterocycles. The van der Waals surface area contributed by atoms with Crippen molar-refractivity contribution in [3.8, 4) is 5.75 Å². The third kappa shape index (κ3) is 5.87. The van der Waals surface area contributed by atoms with Crippen LogP contribution >= 0.6 is 0 Å². The summed E-state index contributed by atoms with van der Waals surface area (Å²) >= 11 is 0. The SMILES string of the molecule is CN1C(=O)c2cc(NC(=O)Cc3ccccc3)ccc2OC[C@@H]2O[C@H](CC(=O)NCC3CC3)CC[C@H]21. The number of likely N-dealkylation sites (N-methyl/N-ethyl adjacent to an activating group) is 1. The Morgan fingerprint density at radius 1 is 1.03 bits per heavy atom. The highest BCUT2D eigenvalue weighted by Crippen LogP contribution is 2.33. The van der Waals surface area contributed by atoms with Crippen molar-refractivity contribution in [1.82, 2.24) is 10.2 Å². The number of ether oxygens (including phenoxy) is 2. The van der Waals surface area contributed by atoms with Crippen LogP contribution < -0.4 is 15.4 Å². The third-order valence-electron chi connectivity index (χ3n) is 7.20. The lowest BCUT2D eigenvalue weighted by Crippen LogP contribution is -2.54. The molecule has 2 aromatic rings. The number of fused-ring (bicyclic) bond motifs is 2. The number of hydrogen-bond donors (Lipinski definition) is 2. The second kappa shape index (κ2) is 10.7. The van der Waals surface area contributed by atoms with Crippen molar-refractivity contribution in [2.24, 2.45) is 5.92 Å². The molecule has 36 heavy (non-hydrogen) atoms. The quantitative estimate of drug-likeness (QED) is 0.620. The predicted octanol–water partition coefficient (Wildman–Crippen LogP) is 3.16. The molecule has 0 aromatic heterocycles. The number of benzene rings is 2. The number of nitrogens with one attached hydrogen (secondary N) is 2. The second-order valence-corrected chi connectivity index (χ2v) is 10.0. The van der Waals surface area contributed by atoms with Crippen molar-refractivity contribution in [1.29, 1.82) is 0 Å². The summed E-state index contributed by atoms with van der Waals surface area (Å²) in [4.78, 5) is 39.9. The van der Waals surface area contributed by atoms with Gasteiger partial charge in [0.1, 0.15) is 18.5 Å². The molecule has 2 aliphatic heterocycles. The zero-order chi connectivity index (χ0) is 25.1. The highest BCUT2D eigenvalue weighted by Gasteiger charge is 2.39. The van der Waals surface area contributed by atoms with Crippen molar-refractivity contribution >= 4 is 23.4 Å². The van der Waals surface area contributed by atoms with E-state index in [1.165, 1.54) is 12.8 Å². The van der Waals surface area contributed by atoms with Crippen LogP contribution in [0.15, 0.2) is 48.5 Å². The van der Waals surface area contributed by atoms with Gasteiger partial charge in [-0.2, -0.15) is 0 Å². The molecule has 3 amide bonds. The molecule has 2 heterocycles. The first-order valence-corrected chi connectivity index (χ1v) is 12.8. The monoisotopic (exact) mass is 491 g/mol. The van der Waals surface area contributed by atoms with E-state index in [2.05, 4.69) is 10.6 Å². The zero-order valence-electron chi connectivity index (χ0n) is 20.6. The van der Waals surface area contributed by atoms with Crippen LogP contribution in [0, 0.1) is 5.92 Å². The Kier molecular flexibility index (Phi) is 7.23. The van der Waals surface area contributed by atoms with Gasteiger partial charge in [0.25, 0.3) is 5.91 Å². The number of nitrogens with zero attached hydrogens (tertiary/aromatic N) is 1. The molecule has 2 N–H and O–H groups in total. The molecule has 0 unspecified atom stereocenters. The highest BCUT2D eigenvalue weighted by atomic mass is 16.5. The first-order valence-electron chi connectivity index (χ1n) is 12.8. The fourth-order valence-electron chi connectivity index (χ4n) is 4.95. The molecular weight excluding hydrogens is 458 g/mol. The maximum Gasteiger partial charge on any atom is 0.257 e. The average molecular weight is 492 g/mol. The lowest BCUT2D eigenvalue weighted by Gasteiger charge is -2.42. The van der Waals surface area contributed by atoms with E-state index in [4.69, 9.17) is 9.47 Å². The Morgan fingerprint density at radius 3 is 2.61 bits per heavy atom. The van der Waals surface area contributed by atoms with Crippen LogP contribution in [0.5, 0.6) is 5.75 Å². The molecule has 3 atom stereocenters. The van der Waals surface area contributed by atoms with Crippen LogP contribution in [0.25, 0.3) is 0 Å². The maximum absolute atomic E-state index is 13.4. The van der Waals surface area contributed by atoms with Gasteiger partial charge in [-0.1, -0.05) is 30.3 Å². The number of anilines is 1. The van der Waals surface area contributed by atoms with Gasteiger partial charge in [0, 0.05) is 19.3 Å². The van der Waals surface area contributed by atoms with Crippen LogP contribution in [0.3, 0.4) is 0 Å². The lowest BCUT2D eigenvalue weighted by molar-refractivity contribution is -0.134. The summed E-state index contributed by atoms with van der Waals surface area (Å²) in [7, 11) is 1.78. The van der Waals surface area contributed by atoms with Crippen molar-refractivity contribution in [3.05, 3.63) is 59.7 Å². The van der Waals surface area contributed by atoms with Crippen LogP contribution in [0.1, 0.15) is 48.0 Å². The van der Waals surface area contributed by atoms with Crippen LogP contribution in [-0.4, -0.2) is 61.1 Å². The van der Waals surface area contributed by atoms with Crippen LogP contribution in [0.2, 0.25) is 0 Å². The van der Waals surface area contributed by atoms with Gasteiger partial charge in [-0.25, -0.2) is 0 Å². The van der Waals surface area contributed by atoms with Crippen LogP contribution in [-0.2, 0) is 20.7 Å². The van der Waals surface area contributed by atoms with Gasteiger partial charge >= 0.3 is 0 Å². The molecule has 0 bridgehead atoms. The normalized spacial score (nSPS) is 23.4. The molecule has 3 aliphatic rings. The van der Waals surface area contributed by atoms with E-state index >= 15 is 0 Å².